The zero-order chi connectivity index (χ0) is 9.68. The minimum atomic E-state index is 0. The van der Waals surface area contributed by atoms with Gasteiger partial charge in [-0.25, -0.2) is 0 Å². The second-order valence-corrected chi connectivity index (χ2v) is 2.83. The van der Waals surface area contributed by atoms with Gasteiger partial charge >= 0.3 is 0 Å². The summed E-state index contributed by atoms with van der Waals surface area (Å²) in [6.07, 6.45) is 0. The summed E-state index contributed by atoms with van der Waals surface area (Å²) < 4.78 is 0. The van der Waals surface area contributed by atoms with E-state index < -0.39 is 0 Å². The number of nitrogens with two attached hydrogens (primary N) is 2. The summed E-state index contributed by atoms with van der Waals surface area (Å²) in [4.78, 5) is 1.79. The Labute approximate surface area is 101 Å². The van der Waals surface area contributed by atoms with E-state index in [4.69, 9.17) is 11.6 Å². The first-order valence-electron chi connectivity index (χ1n) is 4.02. The lowest BCUT2D eigenvalue weighted by Gasteiger charge is -2.16. The highest BCUT2D eigenvalue weighted by Gasteiger charge is 2.00. The van der Waals surface area contributed by atoms with Crippen molar-refractivity contribution in [1.29, 1.82) is 0 Å². The number of nitrogens with zero attached hydrogens (tertiary/aromatic N) is 2. The summed E-state index contributed by atoms with van der Waals surface area (Å²) in [5.74, 6) is 5.38. The SMILES string of the molecule is CN(Cc1ccccc1)C(N)=NN.I. The van der Waals surface area contributed by atoms with Crippen LogP contribution in [0.5, 0.6) is 0 Å². The van der Waals surface area contributed by atoms with Crippen molar-refractivity contribution in [2.45, 2.75) is 6.54 Å². The van der Waals surface area contributed by atoms with Gasteiger partial charge < -0.3 is 16.5 Å². The Morgan fingerprint density at radius 3 is 2.43 bits per heavy atom. The van der Waals surface area contributed by atoms with Gasteiger partial charge in [0, 0.05) is 13.6 Å². The zero-order valence-electron chi connectivity index (χ0n) is 8.05. The average molecular weight is 306 g/mol. The van der Waals surface area contributed by atoms with Gasteiger partial charge in [0.1, 0.15) is 0 Å². The molecule has 1 aromatic rings. The van der Waals surface area contributed by atoms with Crippen molar-refractivity contribution in [3.8, 4) is 0 Å². The highest BCUT2D eigenvalue weighted by Crippen LogP contribution is 2.01. The summed E-state index contributed by atoms with van der Waals surface area (Å²) >= 11 is 0. The molecule has 0 saturated carbocycles. The van der Waals surface area contributed by atoms with Gasteiger partial charge in [-0.2, -0.15) is 0 Å². The van der Waals surface area contributed by atoms with Crippen LogP contribution in [-0.2, 0) is 6.54 Å². The van der Waals surface area contributed by atoms with Crippen molar-refractivity contribution in [2.24, 2.45) is 16.7 Å². The van der Waals surface area contributed by atoms with Crippen LogP contribution in [0.25, 0.3) is 0 Å². The minimum Gasteiger partial charge on any atom is -0.368 e. The van der Waals surface area contributed by atoms with E-state index in [1.54, 1.807) is 4.90 Å². The van der Waals surface area contributed by atoms with Gasteiger partial charge in [-0.15, -0.1) is 29.1 Å². The molecule has 1 rings (SSSR count). The molecule has 0 bridgehead atoms. The Kier molecular flexibility index (Phi) is 6.02. The highest BCUT2D eigenvalue weighted by atomic mass is 127. The van der Waals surface area contributed by atoms with Crippen LogP contribution in [0.3, 0.4) is 0 Å². The Bertz CT molecular complexity index is 286. The molecular weight excluding hydrogens is 291 g/mol. The Balaban J connectivity index is 0.00000169. The van der Waals surface area contributed by atoms with Crippen LogP contribution in [0.4, 0.5) is 0 Å². The topological polar surface area (TPSA) is 67.6 Å². The molecule has 4 N–H and O–H groups in total. The molecule has 0 amide bonds. The standard InChI is InChI=1S/C9H14N4.HI/c1-13(9(10)12-11)7-8-5-3-2-4-6-8;/h2-6H,7,11H2,1H3,(H2,10,12);1H. The molecule has 0 fully saturated rings. The molecule has 1 aromatic carbocycles. The molecule has 0 heterocycles. The van der Waals surface area contributed by atoms with E-state index >= 15 is 0 Å². The largest absolute Gasteiger partial charge is 0.368 e. The highest BCUT2D eigenvalue weighted by molar-refractivity contribution is 14.0. The Hall–Kier alpha value is -0.980. The van der Waals surface area contributed by atoms with Crippen LogP contribution in [0.2, 0.25) is 0 Å². The predicted octanol–water partition coefficient (Wildman–Crippen LogP) is 0.925. The molecule has 0 aromatic heterocycles. The predicted molar refractivity (Wildman–Crippen MR) is 69.1 cm³/mol. The van der Waals surface area contributed by atoms with E-state index in [2.05, 4.69) is 5.10 Å². The van der Waals surface area contributed by atoms with Gasteiger partial charge in [0.05, 0.1) is 0 Å². The molecule has 0 unspecified atom stereocenters. The second kappa shape index (κ2) is 6.47. The lowest BCUT2D eigenvalue weighted by atomic mass is 10.2. The fourth-order valence-electron chi connectivity index (χ4n) is 1.04. The van der Waals surface area contributed by atoms with E-state index in [0.29, 0.717) is 12.5 Å². The molecular formula is C9H15IN4. The van der Waals surface area contributed by atoms with Gasteiger partial charge in [0.2, 0.25) is 5.96 Å². The number of rotatable bonds is 2. The molecule has 0 spiro atoms. The molecule has 0 saturated heterocycles. The number of benzene rings is 1. The smallest absolute Gasteiger partial charge is 0.213 e. The number of hydrogen-bond donors (Lipinski definition) is 2. The van der Waals surface area contributed by atoms with Crippen LogP contribution >= 0.6 is 24.0 Å². The van der Waals surface area contributed by atoms with Crippen LogP contribution in [0, 0.1) is 0 Å². The van der Waals surface area contributed by atoms with Gasteiger partial charge in [0.25, 0.3) is 0 Å². The van der Waals surface area contributed by atoms with E-state index in [1.807, 2.05) is 37.4 Å². The summed E-state index contributed by atoms with van der Waals surface area (Å²) in [6, 6.07) is 10.0. The van der Waals surface area contributed by atoms with Gasteiger partial charge in [-0.1, -0.05) is 30.3 Å². The second-order valence-electron chi connectivity index (χ2n) is 2.83. The first-order chi connectivity index (χ1) is 6.24. The summed E-state index contributed by atoms with van der Waals surface area (Å²) in [5, 5.41) is 3.40. The Morgan fingerprint density at radius 2 is 1.93 bits per heavy atom. The molecule has 0 aliphatic rings. The average Bonchev–Trinajstić information content (AvgIpc) is 2.18. The first kappa shape index (κ1) is 13.0. The molecule has 0 radical (unpaired) electrons. The van der Waals surface area contributed by atoms with Crippen LogP contribution < -0.4 is 11.6 Å². The number of hydrogen-bond acceptors (Lipinski definition) is 2. The first-order valence-corrected chi connectivity index (χ1v) is 4.02. The number of hydrazone groups is 1. The molecule has 0 aliphatic carbocycles. The third-order valence-corrected chi connectivity index (χ3v) is 1.79. The third-order valence-electron chi connectivity index (χ3n) is 1.79. The van der Waals surface area contributed by atoms with Crippen LogP contribution in [0.1, 0.15) is 5.56 Å². The molecule has 4 nitrogen and oxygen atoms in total. The van der Waals surface area contributed by atoms with Crippen LogP contribution in [-0.4, -0.2) is 17.9 Å². The zero-order valence-corrected chi connectivity index (χ0v) is 10.4. The molecule has 14 heavy (non-hydrogen) atoms. The molecule has 0 aliphatic heterocycles. The maximum atomic E-state index is 5.52. The summed E-state index contributed by atoms with van der Waals surface area (Å²) in [6.45, 7) is 0.716. The number of halogens is 1. The van der Waals surface area contributed by atoms with Gasteiger partial charge in [0.15, 0.2) is 0 Å². The van der Waals surface area contributed by atoms with Gasteiger partial charge in [-0.3, -0.25) is 0 Å². The minimum absolute atomic E-state index is 0. The molecule has 78 valence electrons. The monoisotopic (exact) mass is 306 g/mol. The third kappa shape index (κ3) is 3.82. The lowest BCUT2D eigenvalue weighted by molar-refractivity contribution is 0.492. The van der Waals surface area contributed by atoms with Crippen molar-refractivity contribution in [1.82, 2.24) is 4.90 Å². The summed E-state index contributed by atoms with van der Waals surface area (Å²) in [5.41, 5.74) is 6.69. The van der Waals surface area contributed by atoms with E-state index in [9.17, 15) is 0 Å². The molecule has 0 atom stereocenters. The molecule has 5 heteroatoms. The summed E-state index contributed by atoms with van der Waals surface area (Å²) in [7, 11) is 1.85. The van der Waals surface area contributed by atoms with E-state index in [-0.39, 0.29) is 24.0 Å². The fraction of sp³-hybridized carbons (Fsp3) is 0.222. The number of guanidine groups is 1. The lowest BCUT2D eigenvalue weighted by Crippen LogP contribution is -2.34. The van der Waals surface area contributed by atoms with Crippen molar-refractivity contribution in [3.05, 3.63) is 35.9 Å². The van der Waals surface area contributed by atoms with Gasteiger partial charge in [-0.05, 0) is 5.56 Å². The maximum absolute atomic E-state index is 5.52. The fourth-order valence-corrected chi connectivity index (χ4v) is 1.04. The quantitative estimate of drug-likeness (QED) is 0.281. The Morgan fingerprint density at radius 1 is 1.36 bits per heavy atom. The van der Waals surface area contributed by atoms with Crippen molar-refractivity contribution >= 4 is 29.9 Å². The van der Waals surface area contributed by atoms with Crippen molar-refractivity contribution < 1.29 is 0 Å². The van der Waals surface area contributed by atoms with E-state index in [0.717, 1.165) is 0 Å². The van der Waals surface area contributed by atoms with Crippen molar-refractivity contribution in [3.63, 3.8) is 0 Å². The van der Waals surface area contributed by atoms with E-state index in [1.165, 1.54) is 5.56 Å². The van der Waals surface area contributed by atoms with Crippen molar-refractivity contribution in [2.75, 3.05) is 7.05 Å². The van der Waals surface area contributed by atoms with Crippen LogP contribution in [0.15, 0.2) is 35.4 Å². The maximum Gasteiger partial charge on any atom is 0.213 e. The normalized spacial score (nSPS) is 10.5.